The topological polar surface area (TPSA) is 286 Å². The highest BCUT2D eigenvalue weighted by molar-refractivity contribution is 6.00. The van der Waals surface area contributed by atoms with Gasteiger partial charge in [-0.15, -0.1) is 0 Å². The van der Waals surface area contributed by atoms with Crippen molar-refractivity contribution in [3.63, 3.8) is 0 Å². The van der Waals surface area contributed by atoms with Crippen molar-refractivity contribution in [3.8, 4) is 0 Å². The summed E-state index contributed by atoms with van der Waals surface area (Å²) in [4.78, 5) is 144. The molecule has 23 heteroatoms. The first-order chi connectivity index (χ1) is 39.8. The van der Waals surface area contributed by atoms with Crippen LogP contribution in [0.2, 0.25) is 0 Å². The van der Waals surface area contributed by atoms with Crippen molar-refractivity contribution in [3.05, 3.63) is 35.6 Å². The molecule has 478 valence electrons. The Labute approximate surface area is 503 Å². The summed E-state index contributed by atoms with van der Waals surface area (Å²) in [6.07, 6.45) is 7.38. The van der Waals surface area contributed by atoms with Gasteiger partial charge in [0.1, 0.15) is 52.8 Å². The maximum absolute atomic E-state index is 14.7. The smallest absolute Gasteiger partial charge is 0.255 e. The van der Waals surface area contributed by atoms with Gasteiger partial charge in [0.05, 0.1) is 13.2 Å². The van der Waals surface area contributed by atoms with Gasteiger partial charge in [-0.2, -0.15) is 0 Å². The van der Waals surface area contributed by atoms with Crippen LogP contribution in [0.15, 0.2) is 24.3 Å². The second kappa shape index (κ2) is 33.0. The SMILES string of the molecule is CC(C)C[C@H](NC(=O)[C@H](CC(C)C)NC(=O)C(C)(C)NC(=O)[C@H](CC(C)C)NC(=O)[C@H](CCC1CCCCC1)N(C=O)[C@@H]1CCCN1C(=O)c1ccc(F)cc1)C(=O)NC(C)(C)C(=O)NC(C)(C)C(=O)NCCC(=O)N[C@@H](C)CN1CCOCC1. The molecule has 0 spiro atoms. The zero-order valence-corrected chi connectivity index (χ0v) is 53.0. The van der Waals surface area contributed by atoms with Gasteiger partial charge in [0.15, 0.2) is 0 Å². The molecule has 0 aromatic heterocycles. The highest BCUT2D eigenvalue weighted by Crippen LogP contribution is 2.31. The predicted molar refractivity (Wildman–Crippen MR) is 321 cm³/mol. The second-order valence-corrected chi connectivity index (χ2v) is 26.5. The van der Waals surface area contributed by atoms with Crippen LogP contribution in [0.5, 0.6) is 0 Å². The molecular weight excluding hydrogens is 1090 g/mol. The van der Waals surface area contributed by atoms with Crippen LogP contribution in [-0.2, 0) is 47.9 Å². The number of likely N-dealkylation sites (tertiary alicyclic amines) is 1. The molecule has 1 saturated carbocycles. The summed E-state index contributed by atoms with van der Waals surface area (Å²) in [5.41, 5.74) is -4.48. The zero-order valence-electron chi connectivity index (χ0n) is 53.0. The fraction of sp³-hybridized carbons (Fsp3) is 0.742. The van der Waals surface area contributed by atoms with Crippen molar-refractivity contribution in [1.29, 1.82) is 0 Å². The van der Waals surface area contributed by atoms with Crippen molar-refractivity contribution >= 4 is 59.6 Å². The van der Waals surface area contributed by atoms with Gasteiger partial charge < -0.3 is 57.1 Å². The molecule has 85 heavy (non-hydrogen) atoms. The average Bonchev–Trinajstić information content (AvgIpc) is 3.71. The lowest BCUT2D eigenvalue weighted by Crippen LogP contribution is -2.65. The van der Waals surface area contributed by atoms with E-state index >= 15 is 0 Å². The lowest BCUT2D eigenvalue weighted by atomic mass is 9.85. The minimum Gasteiger partial charge on any atom is -0.379 e. The number of hydrogen-bond donors (Lipinski definition) is 8. The first kappa shape index (κ1) is 71.3. The molecule has 3 aliphatic rings. The lowest BCUT2D eigenvalue weighted by Gasteiger charge is -2.38. The molecule has 1 aromatic rings. The van der Waals surface area contributed by atoms with Crippen molar-refractivity contribution in [1.82, 2.24) is 57.2 Å². The Morgan fingerprint density at radius 2 is 1.14 bits per heavy atom. The Kier molecular flexibility index (Phi) is 27.7. The summed E-state index contributed by atoms with van der Waals surface area (Å²) in [7, 11) is 0. The van der Waals surface area contributed by atoms with Crippen LogP contribution in [0.4, 0.5) is 4.39 Å². The molecule has 0 unspecified atom stereocenters. The Balaban J connectivity index is 1.43. The van der Waals surface area contributed by atoms with E-state index < -0.39 is 100 Å². The summed E-state index contributed by atoms with van der Waals surface area (Å²) in [5.74, 6) is -5.81. The van der Waals surface area contributed by atoms with Gasteiger partial charge in [-0.3, -0.25) is 52.8 Å². The van der Waals surface area contributed by atoms with Gasteiger partial charge in [0, 0.05) is 50.7 Å². The summed E-state index contributed by atoms with van der Waals surface area (Å²) in [6.45, 7) is 25.8. The van der Waals surface area contributed by atoms with Crippen LogP contribution >= 0.6 is 0 Å². The van der Waals surface area contributed by atoms with Gasteiger partial charge >= 0.3 is 0 Å². The number of hydrogen-bond acceptors (Lipinski definition) is 12. The zero-order chi connectivity index (χ0) is 63.4. The monoisotopic (exact) mass is 1200 g/mol. The third-order valence-electron chi connectivity index (χ3n) is 16.0. The summed E-state index contributed by atoms with van der Waals surface area (Å²) in [6, 6.07) is 0.452. The molecule has 1 aliphatic carbocycles. The Bertz CT molecular complexity index is 2420. The molecule has 3 fully saturated rings. The molecule has 1 aromatic carbocycles. The molecule has 8 N–H and O–H groups in total. The Morgan fingerprint density at radius 3 is 1.68 bits per heavy atom. The fourth-order valence-electron chi connectivity index (χ4n) is 11.2. The van der Waals surface area contributed by atoms with Crippen LogP contribution < -0.4 is 42.5 Å². The lowest BCUT2D eigenvalue weighted by molar-refractivity contribution is -0.141. The van der Waals surface area contributed by atoms with E-state index in [1.807, 2.05) is 48.5 Å². The molecule has 22 nitrogen and oxygen atoms in total. The molecule has 0 radical (unpaired) electrons. The second-order valence-electron chi connectivity index (χ2n) is 26.5. The van der Waals surface area contributed by atoms with E-state index in [-0.39, 0.29) is 73.9 Å². The highest BCUT2D eigenvalue weighted by atomic mass is 19.1. The summed E-state index contributed by atoms with van der Waals surface area (Å²) in [5, 5.41) is 22.4. The molecule has 2 saturated heterocycles. The molecule has 2 heterocycles. The van der Waals surface area contributed by atoms with Gasteiger partial charge in [0.2, 0.25) is 53.7 Å². The fourth-order valence-corrected chi connectivity index (χ4v) is 11.2. The quantitative estimate of drug-likeness (QED) is 0.0472. The van der Waals surface area contributed by atoms with E-state index in [1.54, 1.807) is 0 Å². The molecule has 0 bridgehead atoms. The Hall–Kier alpha value is -6.23. The number of nitrogens with one attached hydrogen (secondary N) is 8. The first-order valence-corrected chi connectivity index (χ1v) is 30.9. The minimum absolute atomic E-state index is 0.0192. The third-order valence-corrected chi connectivity index (χ3v) is 16.0. The highest BCUT2D eigenvalue weighted by Gasteiger charge is 2.43. The number of carbonyl (C=O) groups excluding carboxylic acids is 10. The van der Waals surface area contributed by atoms with E-state index in [9.17, 15) is 52.3 Å². The molecule has 6 atom stereocenters. The van der Waals surface area contributed by atoms with E-state index in [1.165, 1.54) is 75.6 Å². The number of ether oxygens (including phenoxy) is 1. The number of benzene rings is 1. The van der Waals surface area contributed by atoms with E-state index in [4.69, 9.17) is 4.74 Å². The van der Waals surface area contributed by atoms with Gasteiger partial charge in [-0.25, -0.2) is 4.39 Å². The molecule has 2 aliphatic heterocycles. The van der Waals surface area contributed by atoms with E-state index in [0.717, 1.165) is 45.2 Å². The van der Waals surface area contributed by atoms with Crippen molar-refractivity contribution in [2.24, 2.45) is 23.7 Å². The van der Waals surface area contributed by atoms with Gasteiger partial charge in [0.25, 0.3) is 5.91 Å². The summed E-state index contributed by atoms with van der Waals surface area (Å²) < 4.78 is 19.2. The minimum atomic E-state index is -1.67. The van der Waals surface area contributed by atoms with Gasteiger partial charge in [-0.05, 0) is 141 Å². The third kappa shape index (κ3) is 22.9. The van der Waals surface area contributed by atoms with Crippen LogP contribution in [0, 0.1) is 29.5 Å². The van der Waals surface area contributed by atoms with Crippen LogP contribution in [-0.4, -0.2) is 173 Å². The maximum atomic E-state index is 14.7. The maximum Gasteiger partial charge on any atom is 0.255 e. The standard InChI is InChI=1S/C62H102FN11O11/c1-39(2)34-46(52(77)66-47(35-40(3)4)53(78)70-62(12,13)59(84)71-60(8,9)57(82)64-28-27-50(76)65-42(7)37-72-30-32-85-33-31-72)68-58(83)61(10,11)69-54(79)48(36-41(5)6)67-55(80)49(26-21-43-18-15-14-16-19-43)74(38-75)51-20-17-29-73(51)56(81)44-22-24-45(63)25-23-44/h22-25,38-43,46-49,51H,14-21,26-37H2,1-13H3,(H,64,82)(H,65,76)(H,66,77)(H,67,80)(H,68,83)(H,69,79)(H,70,78)(H,71,84)/t42-,46-,47-,48-,49-,51+/m0/s1. The van der Waals surface area contributed by atoms with Crippen molar-refractivity contribution in [2.75, 3.05) is 45.9 Å². The first-order valence-electron chi connectivity index (χ1n) is 30.9. The normalized spacial score (nSPS) is 18.1. The van der Waals surface area contributed by atoms with E-state index in [0.29, 0.717) is 57.9 Å². The summed E-state index contributed by atoms with van der Waals surface area (Å²) >= 11 is 0. The van der Waals surface area contributed by atoms with Crippen molar-refractivity contribution in [2.45, 2.75) is 226 Å². The molecular formula is C62H102FN11O11. The van der Waals surface area contributed by atoms with Gasteiger partial charge in [-0.1, -0.05) is 73.6 Å². The number of rotatable bonds is 32. The number of amides is 10. The number of morpholine rings is 1. The number of halogens is 1. The van der Waals surface area contributed by atoms with Crippen LogP contribution in [0.1, 0.15) is 184 Å². The van der Waals surface area contributed by atoms with E-state index in [2.05, 4.69) is 47.4 Å². The number of carbonyl (C=O) groups is 10. The predicted octanol–water partition coefficient (Wildman–Crippen LogP) is 4.20. The Morgan fingerprint density at radius 1 is 0.624 bits per heavy atom. The van der Waals surface area contributed by atoms with Crippen LogP contribution in [0.25, 0.3) is 0 Å². The molecule has 4 rings (SSSR count). The molecule has 10 amide bonds. The van der Waals surface area contributed by atoms with Crippen molar-refractivity contribution < 1.29 is 57.1 Å². The number of nitrogens with zero attached hydrogens (tertiary/aromatic N) is 3. The average molecular weight is 1200 g/mol. The largest absolute Gasteiger partial charge is 0.379 e. The van der Waals surface area contributed by atoms with Crippen LogP contribution in [0.3, 0.4) is 0 Å².